The lowest BCUT2D eigenvalue weighted by atomic mass is 9.96. The number of aromatic nitrogens is 1. The van der Waals surface area contributed by atoms with E-state index in [0.29, 0.717) is 31.7 Å². The van der Waals surface area contributed by atoms with E-state index in [4.69, 9.17) is 4.42 Å². The second kappa shape index (κ2) is 8.03. The molecule has 1 aliphatic rings. The zero-order valence-corrected chi connectivity index (χ0v) is 15.1. The standard InChI is InChI=1S/C19H24N4O3/c1-13(2)21-19(25)23-8-6-14(7-9-23)18(24)22-16-5-3-4-15(10-16)17-11-20-12-26-17/h3-5,10-14H,6-9H2,1-2H3,(H,21,25)(H,22,24). The third kappa shape index (κ3) is 4.41. The molecule has 3 rings (SSSR count). The Labute approximate surface area is 152 Å². The molecule has 0 bridgehead atoms. The topological polar surface area (TPSA) is 87.5 Å². The van der Waals surface area contributed by atoms with Crippen molar-refractivity contribution < 1.29 is 14.0 Å². The fourth-order valence-corrected chi connectivity index (χ4v) is 3.04. The Morgan fingerprint density at radius 2 is 2.04 bits per heavy atom. The predicted molar refractivity (Wildman–Crippen MR) is 98.5 cm³/mol. The maximum atomic E-state index is 12.6. The molecule has 0 unspecified atom stereocenters. The maximum absolute atomic E-state index is 12.6. The Morgan fingerprint density at radius 3 is 2.69 bits per heavy atom. The molecule has 1 aromatic carbocycles. The fraction of sp³-hybridized carbons (Fsp3) is 0.421. The highest BCUT2D eigenvalue weighted by Crippen LogP contribution is 2.24. The van der Waals surface area contributed by atoms with Crippen molar-refractivity contribution in [2.24, 2.45) is 5.92 Å². The van der Waals surface area contributed by atoms with Crippen molar-refractivity contribution in [1.29, 1.82) is 0 Å². The van der Waals surface area contributed by atoms with Crippen LogP contribution in [0.2, 0.25) is 0 Å². The molecule has 2 N–H and O–H groups in total. The van der Waals surface area contributed by atoms with Gasteiger partial charge in [0, 0.05) is 36.3 Å². The number of benzene rings is 1. The van der Waals surface area contributed by atoms with Gasteiger partial charge in [0.2, 0.25) is 5.91 Å². The summed E-state index contributed by atoms with van der Waals surface area (Å²) in [6.45, 7) is 5.06. The van der Waals surface area contributed by atoms with Gasteiger partial charge < -0.3 is 20.0 Å². The van der Waals surface area contributed by atoms with E-state index >= 15 is 0 Å². The van der Waals surface area contributed by atoms with Crippen molar-refractivity contribution in [3.8, 4) is 11.3 Å². The molecule has 26 heavy (non-hydrogen) atoms. The number of carbonyl (C=O) groups excluding carboxylic acids is 2. The minimum absolute atomic E-state index is 0.0105. The second-order valence-corrected chi connectivity index (χ2v) is 6.80. The average Bonchev–Trinajstić information content (AvgIpc) is 3.16. The molecule has 1 fully saturated rings. The van der Waals surface area contributed by atoms with Crippen LogP contribution in [0.4, 0.5) is 10.5 Å². The van der Waals surface area contributed by atoms with Crippen molar-refractivity contribution in [1.82, 2.24) is 15.2 Å². The lowest BCUT2D eigenvalue weighted by Gasteiger charge is -2.32. The fourth-order valence-electron chi connectivity index (χ4n) is 3.04. The highest BCUT2D eigenvalue weighted by molar-refractivity contribution is 5.93. The first-order chi connectivity index (χ1) is 12.5. The molecule has 0 atom stereocenters. The Kier molecular flexibility index (Phi) is 5.55. The van der Waals surface area contributed by atoms with Crippen molar-refractivity contribution in [2.75, 3.05) is 18.4 Å². The van der Waals surface area contributed by atoms with E-state index < -0.39 is 0 Å². The number of amides is 3. The van der Waals surface area contributed by atoms with Gasteiger partial charge in [-0.15, -0.1) is 0 Å². The van der Waals surface area contributed by atoms with Gasteiger partial charge >= 0.3 is 6.03 Å². The quantitative estimate of drug-likeness (QED) is 0.881. The van der Waals surface area contributed by atoms with Crippen molar-refractivity contribution in [3.63, 3.8) is 0 Å². The van der Waals surface area contributed by atoms with Gasteiger partial charge in [0.25, 0.3) is 0 Å². The number of urea groups is 1. The van der Waals surface area contributed by atoms with Crippen LogP contribution in [-0.4, -0.2) is 41.0 Å². The third-order valence-electron chi connectivity index (χ3n) is 4.41. The van der Waals surface area contributed by atoms with Crippen LogP contribution < -0.4 is 10.6 Å². The molecule has 3 amide bonds. The molecule has 138 valence electrons. The van der Waals surface area contributed by atoms with E-state index in [-0.39, 0.29) is 23.9 Å². The maximum Gasteiger partial charge on any atom is 0.317 e. The molecular weight excluding hydrogens is 332 g/mol. The van der Waals surface area contributed by atoms with Gasteiger partial charge in [0.05, 0.1) is 6.20 Å². The van der Waals surface area contributed by atoms with Gasteiger partial charge in [-0.05, 0) is 38.8 Å². The zero-order chi connectivity index (χ0) is 18.5. The van der Waals surface area contributed by atoms with Gasteiger partial charge in [0.15, 0.2) is 12.2 Å². The summed E-state index contributed by atoms with van der Waals surface area (Å²) in [6.07, 6.45) is 4.35. The number of carbonyl (C=O) groups is 2. The predicted octanol–water partition coefficient (Wildman–Crippen LogP) is 3.11. The zero-order valence-electron chi connectivity index (χ0n) is 15.1. The molecule has 0 radical (unpaired) electrons. The number of anilines is 1. The van der Waals surface area contributed by atoms with E-state index in [1.807, 2.05) is 38.1 Å². The van der Waals surface area contributed by atoms with Gasteiger partial charge in [-0.3, -0.25) is 4.79 Å². The van der Waals surface area contributed by atoms with Crippen molar-refractivity contribution >= 4 is 17.6 Å². The minimum atomic E-state index is -0.0907. The molecule has 2 aromatic rings. The number of rotatable bonds is 4. The highest BCUT2D eigenvalue weighted by Gasteiger charge is 2.27. The SMILES string of the molecule is CC(C)NC(=O)N1CCC(C(=O)Nc2cccc(-c3cnco3)c2)CC1. The molecule has 0 spiro atoms. The van der Waals surface area contributed by atoms with Gasteiger partial charge in [-0.2, -0.15) is 0 Å². The van der Waals surface area contributed by atoms with E-state index in [2.05, 4.69) is 15.6 Å². The van der Waals surface area contributed by atoms with Crippen LogP contribution in [0.3, 0.4) is 0 Å². The number of hydrogen-bond acceptors (Lipinski definition) is 4. The lowest BCUT2D eigenvalue weighted by molar-refractivity contribution is -0.121. The van der Waals surface area contributed by atoms with E-state index in [1.54, 1.807) is 11.1 Å². The molecule has 1 saturated heterocycles. The number of nitrogens with zero attached hydrogens (tertiary/aromatic N) is 2. The summed E-state index contributed by atoms with van der Waals surface area (Å²) < 4.78 is 5.29. The normalized spacial score (nSPS) is 15.1. The van der Waals surface area contributed by atoms with Crippen LogP contribution in [0, 0.1) is 5.92 Å². The van der Waals surface area contributed by atoms with Crippen LogP contribution in [0.1, 0.15) is 26.7 Å². The molecule has 7 heteroatoms. The second-order valence-electron chi connectivity index (χ2n) is 6.80. The number of hydrogen-bond donors (Lipinski definition) is 2. The molecule has 0 saturated carbocycles. The van der Waals surface area contributed by atoms with Gasteiger partial charge in [-0.1, -0.05) is 12.1 Å². The highest BCUT2D eigenvalue weighted by atomic mass is 16.3. The van der Waals surface area contributed by atoms with Crippen molar-refractivity contribution in [2.45, 2.75) is 32.7 Å². The molecule has 0 aliphatic carbocycles. The summed E-state index contributed by atoms with van der Waals surface area (Å²) in [4.78, 5) is 30.3. The summed E-state index contributed by atoms with van der Waals surface area (Å²) in [6, 6.07) is 7.54. The smallest absolute Gasteiger partial charge is 0.317 e. The monoisotopic (exact) mass is 356 g/mol. The third-order valence-corrected chi connectivity index (χ3v) is 4.41. The van der Waals surface area contributed by atoms with Gasteiger partial charge in [0.1, 0.15) is 0 Å². The number of piperidine rings is 1. The molecular formula is C19H24N4O3. The molecule has 2 heterocycles. The Balaban J connectivity index is 1.55. The Bertz CT molecular complexity index is 750. The Hall–Kier alpha value is -2.83. The molecule has 1 aliphatic heterocycles. The van der Waals surface area contributed by atoms with Crippen LogP contribution in [0.25, 0.3) is 11.3 Å². The summed E-state index contributed by atoms with van der Waals surface area (Å²) in [5.74, 6) is 0.557. The first kappa shape index (κ1) is 18.0. The summed E-state index contributed by atoms with van der Waals surface area (Å²) in [5.41, 5.74) is 1.59. The van der Waals surface area contributed by atoms with Crippen LogP contribution in [0.5, 0.6) is 0 Å². The first-order valence-corrected chi connectivity index (χ1v) is 8.88. The van der Waals surface area contributed by atoms with Gasteiger partial charge in [-0.25, -0.2) is 9.78 Å². The lowest BCUT2D eigenvalue weighted by Crippen LogP contribution is -2.47. The first-order valence-electron chi connectivity index (χ1n) is 8.88. The summed E-state index contributed by atoms with van der Waals surface area (Å²) in [7, 11) is 0. The minimum Gasteiger partial charge on any atom is -0.444 e. The van der Waals surface area contributed by atoms with E-state index in [0.717, 1.165) is 11.3 Å². The van der Waals surface area contributed by atoms with Crippen LogP contribution in [-0.2, 0) is 4.79 Å². The Morgan fingerprint density at radius 1 is 1.27 bits per heavy atom. The summed E-state index contributed by atoms with van der Waals surface area (Å²) >= 11 is 0. The van der Waals surface area contributed by atoms with Crippen molar-refractivity contribution in [3.05, 3.63) is 36.9 Å². The summed E-state index contributed by atoms with van der Waals surface area (Å²) in [5, 5.41) is 5.86. The number of nitrogens with one attached hydrogen (secondary N) is 2. The molecule has 7 nitrogen and oxygen atoms in total. The van der Waals surface area contributed by atoms with Crippen LogP contribution in [0.15, 0.2) is 41.3 Å². The molecule has 1 aromatic heterocycles. The number of oxazole rings is 1. The largest absolute Gasteiger partial charge is 0.444 e. The van der Waals surface area contributed by atoms with Crippen LogP contribution >= 0.6 is 0 Å². The van der Waals surface area contributed by atoms with E-state index in [9.17, 15) is 9.59 Å². The van der Waals surface area contributed by atoms with E-state index in [1.165, 1.54) is 6.39 Å². The number of likely N-dealkylation sites (tertiary alicyclic amines) is 1. The average molecular weight is 356 g/mol.